The molecule has 0 amide bonds. The number of halogens is 2. The Morgan fingerprint density at radius 1 is 1.36 bits per heavy atom. The third-order valence-electron chi connectivity index (χ3n) is 5.75. The lowest BCUT2D eigenvalue weighted by molar-refractivity contribution is -0.106. The van der Waals surface area contributed by atoms with Gasteiger partial charge in [0.25, 0.3) is 0 Å². The summed E-state index contributed by atoms with van der Waals surface area (Å²) in [4.78, 5) is 6.72. The largest absolute Gasteiger partial charge is 0.377 e. The van der Waals surface area contributed by atoms with E-state index in [0.717, 1.165) is 31.1 Å². The molecule has 1 saturated carbocycles. The molecule has 7 heteroatoms. The molecule has 1 aromatic rings. The van der Waals surface area contributed by atoms with Crippen LogP contribution < -0.4 is 10.6 Å². The van der Waals surface area contributed by atoms with Gasteiger partial charge >= 0.3 is 0 Å². The van der Waals surface area contributed by atoms with E-state index < -0.39 is 0 Å². The average molecular weight is 504 g/mol. The number of fused-ring (bicyclic) bond motifs is 1. The molecule has 3 unspecified atom stereocenters. The molecule has 1 saturated heterocycles. The second-order valence-corrected chi connectivity index (χ2v) is 8.55. The van der Waals surface area contributed by atoms with E-state index in [1.807, 2.05) is 31.1 Å². The Hall–Kier alpha value is -0.930. The van der Waals surface area contributed by atoms with Gasteiger partial charge in [-0.3, -0.25) is 0 Å². The Kier molecular flexibility index (Phi) is 8.10. The molecule has 2 N–H and O–H groups in total. The summed E-state index contributed by atoms with van der Waals surface area (Å²) < 4.78 is 19.9. The number of guanidine groups is 1. The lowest BCUT2D eigenvalue weighted by Crippen LogP contribution is -2.67. The van der Waals surface area contributed by atoms with Crippen LogP contribution in [0.2, 0.25) is 0 Å². The van der Waals surface area contributed by atoms with Crippen molar-refractivity contribution in [2.75, 3.05) is 27.2 Å². The highest BCUT2D eigenvalue weighted by atomic mass is 127. The predicted molar refractivity (Wildman–Crippen MR) is 123 cm³/mol. The van der Waals surface area contributed by atoms with Crippen LogP contribution in [0, 0.1) is 17.2 Å². The van der Waals surface area contributed by atoms with Crippen molar-refractivity contribution in [1.82, 2.24) is 15.5 Å². The van der Waals surface area contributed by atoms with Crippen LogP contribution in [0.15, 0.2) is 23.2 Å². The Morgan fingerprint density at radius 3 is 2.79 bits per heavy atom. The number of benzene rings is 1. The third kappa shape index (κ3) is 4.97. The molecule has 0 spiro atoms. The smallest absolute Gasteiger partial charge is 0.191 e. The maximum atomic E-state index is 14.0. The van der Waals surface area contributed by atoms with E-state index >= 15 is 0 Å². The Balaban J connectivity index is 0.00000280. The monoisotopic (exact) mass is 504 g/mol. The molecule has 1 aromatic carbocycles. The van der Waals surface area contributed by atoms with Crippen molar-refractivity contribution in [1.29, 1.82) is 0 Å². The van der Waals surface area contributed by atoms with Gasteiger partial charge in [0.15, 0.2) is 5.96 Å². The first-order chi connectivity index (χ1) is 12.8. The quantitative estimate of drug-likeness (QED) is 0.355. The molecule has 2 fully saturated rings. The van der Waals surface area contributed by atoms with E-state index in [1.54, 1.807) is 6.07 Å². The Labute approximate surface area is 185 Å². The van der Waals surface area contributed by atoms with E-state index in [0.29, 0.717) is 36.7 Å². The fraction of sp³-hybridized carbons (Fsp3) is 0.667. The molecule has 2 aliphatic rings. The lowest BCUT2D eigenvalue weighted by atomic mass is 9.57. The van der Waals surface area contributed by atoms with Gasteiger partial charge in [-0.05, 0) is 45.1 Å². The van der Waals surface area contributed by atoms with Crippen LogP contribution in [0.4, 0.5) is 4.39 Å². The van der Waals surface area contributed by atoms with Crippen LogP contribution >= 0.6 is 24.0 Å². The summed E-state index contributed by atoms with van der Waals surface area (Å²) in [6.45, 7) is 9.35. The van der Waals surface area contributed by atoms with Crippen molar-refractivity contribution in [2.45, 2.75) is 52.4 Å². The van der Waals surface area contributed by atoms with Crippen LogP contribution in [0.5, 0.6) is 0 Å². The molecule has 1 aliphatic heterocycles. The molecule has 1 aliphatic carbocycles. The van der Waals surface area contributed by atoms with Crippen LogP contribution in [-0.2, 0) is 17.8 Å². The molecule has 28 heavy (non-hydrogen) atoms. The summed E-state index contributed by atoms with van der Waals surface area (Å²) in [6, 6.07) is 5.63. The van der Waals surface area contributed by atoms with Gasteiger partial charge in [-0.15, -0.1) is 24.0 Å². The van der Waals surface area contributed by atoms with E-state index in [-0.39, 0.29) is 35.2 Å². The summed E-state index contributed by atoms with van der Waals surface area (Å²) in [6.07, 6.45) is 1.46. The molecule has 0 aromatic heterocycles. The molecule has 3 rings (SSSR count). The van der Waals surface area contributed by atoms with Crippen molar-refractivity contribution >= 4 is 29.9 Å². The number of aliphatic imine (C=N–C) groups is 1. The maximum Gasteiger partial charge on any atom is 0.191 e. The highest BCUT2D eigenvalue weighted by Gasteiger charge is 2.59. The highest BCUT2D eigenvalue weighted by Crippen LogP contribution is 2.52. The van der Waals surface area contributed by atoms with Gasteiger partial charge in [0.1, 0.15) is 5.82 Å². The van der Waals surface area contributed by atoms with Crippen molar-refractivity contribution in [3.63, 3.8) is 0 Å². The van der Waals surface area contributed by atoms with Crippen LogP contribution in [-0.4, -0.2) is 50.3 Å². The second-order valence-electron chi connectivity index (χ2n) is 8.55. The number of hydrogen-bond donors (Lipinski definition) is 2. The summed E-state index contributed by atoms with van der Waals surface area (Å²) in [5.74, 6) is 1.21. The van der Waals surface area contributed by atoms with Crippen molar-refractivity contribution < 1.29 is 9.13 Å². The molecule has 0 bridgehead atoms. The van der Waals surface area contributed by atoms with Crippen LogP contribution in [0.1, 0.15) is 38.3 Å². The SMILES string of the molecule is CCNC(=NCc1ccc(F)c(CN(C)C)c1)NC1C2CCOC2C1(C)C.I. The number of rotatable bonds is 6. The van der Waals surface area contributed by atoms with Crippen molar-refractivity contribution in [2.24, 2.45) is 16.3 Å². The molecule has 1 heterocycles. The lowest BCUT2D eigenvalue weighted by Gasteiger charge is -2.54. The minimum Gasteiger partial charge on any atom is -0.377 e. The maximum absolute atomic E-state index is 14.0. The molecule has 158 valence electrons. The first-order valence-corrected chi connectivity index (χ1v) is 9.91. The third-order valence-corrected chi connectivity index (χ3v) is 5.75. The van der Waals surface area contributed by atoms with E-state index in [9.17, 15) is 4.39 Å². The molecule has 3 atom stereocenters. The summed E-state index contributed by atoms with van der Waals surface area (Å²) in [5.41, 5.74) is 1.82. The highest BCUT2D eigenvalue weighted by molar-refractivity contribution is 14.0. The van der Waals surface area contributed by atoms with Gasteiger partial charge < -0.3 is 20.3 Å². The van der Waals surface area contributed by atoms with Gasteiger partial charge in [0.2, 0.25) is 0 Å². The summed E-state index contributed by atoms with van der Waals surface area (Å²) >= 11 is 0. The summed E-state index contributed by atoms with van der Waals surface area (Å²) in [7, 11) is 3.88. The van der Waals surface area contributed by atoms with Crippen LogP contribution in [0.3, 0.4) is 0 Å². The van der Waals surface area contributed by atoms with Crippen molar-refractivity contribution in [3.05, 3.63) is 35.1 Å². The normalized spacial score (nSPS) is 25.7. The zero-order valence-corrected chi connectivity index (χ0v) is 19.9. The molecule has 0 radical (unpaired) electrons. The minimum atomic E-state index is -0.162. The Bertz CT molecular complexity index is 695. The zero-order valence-electron chi connectivity index (χ0n) is 17.6. The summed E-state index contributed by atoms with van der Waals surface area (Å²) in [5, 5.41) is 6.96. The van der Waals surface area contributed by atoms with Crippen molar-refractivity contribution in [3.8, 4) is 0 Å². The molecular weight excluding hydrogens is 470 g/mol. The van der Waals surface area contributed by atoms with E-state index in [1.165, 1.54) is 0 Å². The number of hydrogen-bond acceptors (Lipinski definition) is 3. The van der Waals surface area contributed by atoms with E-state index in [2.05, 4.69) is 31.4 Å². The number of ether oxygens (including phenoxy) is 1. The van der Waals surface area contributed by atoms with Crippen LogP contribution in [0.25, 0.3) is 0 Å². The second kappa shape index (κ2) is 9.71. The van der Waals surface area contributed by atoms with Gasteiger partial charge in [-0.1, -0.05) is 19.9 Å². The average Bonchev–Trinajstić information content (AvgIpc) is 3.06. The fourth-order valence-corrected chi connectivity index (χ4v) is 4.44. The topological polar surface area (TPSA) is 48.9 Å². The number of nitrogens with zero attached hydrogens (tertiary/aromatic N) is 2. The van der Waals surface area contributed by atoms with Gasteiger partial charge in [-0.25, -0.2) is 9.38 Å². The van der Waals surface area contributed by atoms with Gasteiger partial charge in [-0.2, -0.15) is 0 Å². The minimum absolute atomic E-state index is 0. The standard InChI is InChI=1S/C21H33FN4O.HI/c1-6-23-20(25-18-16-9-10-27-19(16)21(18,2)3)24-12-14-7-8-17(22)15(11-14)13-26(4)5;/h7-8,11,16,18-19H,6,9-10,12-13H2,1-5H3,(H2,23,24,25);1H. The zero-order chi connectivity index (χ0) is 19.6. The Morgan fingerprint density at radius 2 is 2.11 bits per heavy atom. The molecular formula is C21H34FIN4O. The first kappa shape index (κ1) is 23.3. The predicted octanol–water partition coefficient (Wildman–Crippen LogP) is 3.37. The number of nitrogens with one attached hydrogen (secondary N) is 2. The van der Waals surface area contributed by atoms with E-state index in [4.69, 9.17) is 9.73 Å². The fourth-order valence-electron chi connectivity index (χ4n) is 4.44. The first-order valence-electron chi connectivity index (χ1n) is 9.91. The van der Waals surface area contributed by atoms with Gasteiger partial charge in [0.05, 0.1) is 12.6 Å². The van der Waals surface area contributed by atoms with Gasteiger partial charge in [0, 0.05) is 42.6 Å². The molecule has 5 nitrogen and oxygen atoms in total.